The number of aliphatic hydroxyl groups excluding tert-OH is 1. The zero-order chi connectivity index (χ0) is 13.8. The first-order valence-corrected chi connectivity index (χ1v) is 6.08. The van der Waals surface area contributed by atoms with Crippen molar-refractivity contribution in [1.82, 2.24) is 0 Å². The summed E-state index contributed by atoms with van der Waals surface area (Å²) in [5.74, 6) is -0.762. The highest BCUT2D eigenvalue weighted by Crippen LogP contribution is 2.30. The first-order valence-electron chi connectivity index (χ1n) is 6.08. The molecule has 0 spiro atoms. The summed E-state index contributed by atoms with van der Waals surface area (Å²) in [5.41, 5.74) is 1.59. The van der Waals surface area contributed by atoms with E-state index in [1.807, 2.05) is 11.8 Å². The Labute approximate surface area is 110 Å². The highest BCUT2D eigenvalue weighted by molar-refractivity contribution is 5.66. The van der Waals surface area contributed by atoms with E-state index in [1.54, 1.807) is 24.3 Å². The van der Waals surface area contributed by atoms with Gasteiger partial charge >= 0.3 is 0 Å². The summed E-state index contributed by atoms with van der Waals surface area (Å²) in [6.45, 7) is 2.12. The summed E-state index contributed by atoms with van der Waals surface area (Å²) in [4.78, 5) is 1.83. The molecule has 0 aliphatic heterocycles. The van der Waals surface area contributed by atoms with Crippen LogP contribution in [-0.4, -0.2) is 11.7 Å². The van der Waals surface area contributed by atoms with Crippen LogP contribution in [0.2, 0.25) is 0 Å². The fourth-order valence-electron chi connectivity index (χ4n) is 2.07. The highest BCUT2D eigenvalue weighted by Gasteiger charge is 2.14. The number of aliphatic hydroxyl groups is 1. The molecule has 0 aliphatic rings. The second-order valence-corrected chi connectivity index (χ2v) is 4.12. The molecule has 2 rings (SSSR count). The van der Waals surface area contributed by atoms with Gasteiger partial charge < -0.3 is 10.0 Å². The number of hydrogen-bond donors (Lipinski definition) is 1. The maximum atomic E-state index is 13.7. The van der Waals surface area contributed by atoms with Gasteiger partial charge in [0, 0.05) is 23.5 Å². The van der Waals surface area contributed by atoms with Crippen molar-refractivity contribution >= 4 is 11.4 Å². The van der Waals surface area contributed by atoms with Gasteiger partial charge in [-0.25, -0.2) is 8.78 Å². The van der Waals surface area contributed by atoms with E-state index in [1.165, 1.54) is 18.2 Å². The van der Waals surface area contributed by atoms with Crippen molar-refractivity contribution in [3.8, 4) is 0 Å². The summed E-state index contributed by atoms with van der Waals surface area (Å²) in [6.07, 6.45) is 0. The number of rotatable bonds is 4. The molecule has 2 aromatic rings. The number of halogens is 2. The second kappa shape index (κ2) is 5.80. The van der Waals surface area contributed by atoms with Crippen LogP contribution in [0.1, 0.15) is 12.5 Å². The Hall–Kier alpha value is -1.94. The lowest BCUT2D eigenvalue weighted by Crippen LogP contribution is -2.18. The van der Waals surface area contributed by atoms with E-state index in [4.69, 9.17) is 0 Å². The van der Waals surface area contributed by atoms with Gasteiger partial charge in [0.1, 0.15) is 11.6 Å². The lowest BCUT2D eigenvalue weighted by atomic mass is 10.1. The largest absolute Gasteiger partial charge is 0.391 e. The van der Waals surface area contributed by atoms with E-state index in [2.05, 4.69) is 0 Å². The molecule has 0 unspecified atom stereocenters. The number of benzene rings is 2. The minimum atomic E-state index is -0.444. The topological polar surface area (TPSA) is 23.5 Å². The average Bonchev–Trinajstić information content (AvgIpc) is 2.42. The second-order valence-electron chi connectivity index (χ2n) is 4.12. The van der Waals surface area contributed by atoms with E-state index in [0.29, 0.717) is 12.2 Å². The summed E-state index contributed by atoms with van der Waals surface area (Å²) < 4.78 is 26.6. The molecule has 0 saturated carbocycles. The third-order valence-corrected chi connectivity index (χ3v) is 3.00. The molecule has 0 bridgehead atoms. The minimum absolute atomic E-state index is 0.244. The van der Waals surface area contributed by atoms with Gasteiger partial charge in [0.15, 0.2) is 0 Å². The summed E-state index contributed by atoms with van der Waals surface area (Å²) in [6, 6.07) is 10.6. The lowest BCUT2D eigenvalue weighted by molar-refractivity contribution is 0.276. The Balaban J connectivity index is 2.48. The van der Waals surface area contributed by atoms with Gasteiger partial charge in [-0.05, 0) is 43.3 Å². The number of hydrogen-bond acceptors (Lipinski definition) is 2. The summed E-state index contributed by atoms with van der Waals surface area (Å²) in [7, 11) is 0. The standard InChI is InChI=1S/C15H15F2NO/c1-2-18(12-8-6-11(16)7-9-12)15-5-3-4-14(17)13(15)10-19/h3-9,19H,2,10H2,1H3. The summed E-state index contributed by atoms with van der Waals surface area (Å²) in [5, 5.41) is 9.31. The smallest absolute Gasteiger partial charge is 0.130 e. The van der Waals surface area contributed by atoms with Crippen LogP contribution < -0.4 is 4.90 Å². The zero-order valence-corrected chi connectivity index (χ0v) is 10.6. The van der Waals surface area contributed by atoms with Gasteiger partial charge in [-0.2, -0.15) is 0 Å². The van der Waals surface area contributed by atoms with Crippen molar-refractivity contribution in [3.05, 3.63) is 59.7 Å². The van der Waals surface area contributed by atoms with E-state index in [9.17, 15) is 13.9 Å². The lowest BCUT2D eigenvalue weighted by Gasteiger charge is -2.25. The zero-order valence-electron chi connectivity index (χ0n) is 10.6. The van der Waals surface area contributed by atoms with Crippen molar-refractivity contribution in [2.24, 2.45) is 0 Å². The molecule has 0 amide bonds. The molecule has 2 nitrogen and oxygen atoms in total. The van der Waals surface area contributed by atoms with Crippen molar-refractivity contribution in [2.45, 2.75) is 13.5 Å². The molecule has 0 heterocycles. The van der Waals surface area contributed by atoms with Crippen LogP contribution in [0.5, 0.6) is 0 Å². The van der Waals surface area contributed by atoms with Crippen molar-refractivity contribution in [2.75, 3.05) is 11.4 Å². The van der Waals surface area contributed by atoms with Gasteiger partial charge in [0.05, 0.1) is 6.61 Å². The molecule has 0 saturated heterocycles. The van der Waals surface area contributed by atoms with Crippen LogP contribution in [0.3, 0.4) is 0 Å². The van der Waals surface area contributed by atoms with Gasteiger partial charge in [-0.1, -0.05) is 6.07 Å². The molecule has 2 aromatic carbocycles. The molecule has 19 heavy (non-hydrogen) atoms. The van der Waals surface area contributed by atoms with E-state index >= 15 is 0 Å². The average molecular weight is 263 g/mol. The third kappa shape index (κ3) is 2.74. The Kier molecular flexibility index (Phi) is 4.12. The fourth-order valence-corrected chi connectivity index (χ4v) is 2.07. The van der Waals surface area contributed by atoms with Crippen LogP contribution >= 0.6 is 0 Å². The Morgan fingerprint density at radius 3 is 2.32 bits per heavy atom. The van der Waals surface area contributed by atoms with Crippen LogP contribution in [0.15, 0.2) is 42.5 Å². The number of anilines is 2. The predicted octanol–water partition coefficient (Wildman–Crippen LogP) is 3.62. The maximum absolute atomic E-state index is 13.7. The Bertz CT molecular complexity index is 555. The molecular weight excluding hydrogens is 248 g/mol. The van der Waals surface area contributed by atoms with Gasteiger partial charge in [-0.15, -0.1) is 0 Å². The Morgan fingerprint density at radius 1 is 1.05 bits per heavy atom. The minimum Gasteiger partial charge on any atom is -0.391 e. The van der Waals surface area contributed by atoms with Gasteiger partial charge in [0.25, 0.3) is 0 Å². The number of nitrogens with zero attached hydrogens (tertiary/aromatic N) is 1. The fraction of sp³-hybridized carbons (Fsp3) is 0.200. The molecule has 0 aliphatic carbocycles. The molecule has 4 heteroatoms. The first kappa shape index (κ1) is 13.5. The molecule has 0 atom stereocenters. The van der Waals surface area contributed by atoms with E-state index < -0.39 is 5.82 Å². The molecule has 0 aromatic heterocycles. The van der Waals surface area contributed by atoms with Gasteiger partial charge in [-0.3, -0.25) is 0 Å². The summed E-state index contributed by atoms with van der Waals surface area (Å²) >= 11 is 0. The predicted molar refractivity (Wildman–Crippen MR) is 71.4 cm³/mol. The maximum Gasteiger partial charge on any atom is 0.130 e. The van der Waals surface area contributed by atoms with Gasteiger partial charge in [0.2, 0.25) is 0 Å². The van der Waals surface area contributed by atoms with Crippen LogP contribution in [0.4, 0.5) is 20.2 Å². The molecular formula is C15H15F2NO. The highest BCUT2D eigenvalue weighted by atomic mass is 19.1. The van der Waals surface area contributed by atoms with Crippen LogP contribution in [0.25, 0.3) is 0 Å². The molecule has 1 N–H and O–H groups in total. The molecule has 0 radical (unpaired) electrons. The van der Waals surface area contributed by atoms with Crippen LogP contribution in [0, 0.1) is 11.6 Å². The van der Waals surface area contributed by atoms with Crippen molar-refractivity contribution in [1.29, 1.82) is 0 Å². The quantitative estimate of drug-likeness (QED) is 0.910. The van der Waals surface area contributed by atoms with Crippen LogP contribution in [-0.2, 0) is 6.61 Å². The molecule has 100 valence electrons. The van der Waals surface area contributed by atoms with Crippen molar-refractivity contribution in [3.63, 3.8) is 0 Å². The van der Waals surface area contributed by atoms with E-state index in [0.717, 1.165) is 5.69 Å². The Morgan fingerprint density at radius 2 is 1.74 bits per heavy atom. The normalized spacial score (nSPS) is 10.5. The van der Waals surface area contributed by atoms with E-state index in [-0.39, 0.29) is 18.0 Å². The monoisotopic (exact) mass is 263 g/mol. The SMILES string of the molecule is CCN(c1ccc(F)cc1)c1cccc(F)c1CO. The molecule has 0 fully saturated rings. The van der Waals surface area contributed by atoms with Crippen molar-refractivity contribution < 1.29 is 13.9 Å². The first-order chi connectivity index (χ1) is 9.17. The third-order valence-electron chi connectivity index (χ3n) is 3.00.